The third kappa shape index (κ3) is 10.9. The molecule has 9 rings (SSSR count). The van der Waals surface area contributed by atoms with E-state index in [-0.39, 0.29) is 6.61 Å². The first-order chi connectivity index (χ1) is 31.1. The monoisotopic (exact) mass is 817 g/mol. The van der Waals surface area contributed by atoms with Crippen LogP contribution < -0.4 is 19.5 Å². The highest BCUT2D eigenvalue weighted by molar-refractivity contribution is 6.26. The van der Waals surface area contributed by atoms with Gasteiger partial charge in [0, 0.05) is 51.8 Å². The van der Waals surface area contributed by atoms with Crippen LogP contribution in [0.4, 0.5) is 11.6 Å². The lowest BCUT2D eigenvalue weighted by Crippen LogP contribution is -2.12. The fraction of sp³-hybridized carbons (Fsp3) is 0.0545. The van der Waals surface area contributed by atoms with Crippen molar-refractivity contribution in [2.75, 3.05) is 5.32 Å². The van der Waals surface area contributed by atoms with Crippen LogP contribution in [0.25, 0.3) is 0 Å². The Morgan fingerprint density at radius 2 is 0.952 bits per heavy atom. The number of fused-ring (bicyclic) bond motifs is 1. The second-order valence-corrected chi connectivity index (χ2v) is 14.4. The number of benzene rings is 6. The number of amidine groups is 2. The zero-order valence-corrected chi connectivity index (χ0v) is 34.1. The molecule has 0 amide bonds. The summed E-state index contributed by atoms with van der Waals surface area (Å²) in [5.74, 6) is 16.9. The largest absolute Gasteiger partial charge is 0.489 e. The molecule has 0 bridgehead atoms. The van der Waals surface area contributed by atoms with Gasteiger partial charge < -0.3 is 19.5 Å². The number of nitrogens with zero attached hydrogens (tertiary/aromatic N) is 4. The van der Waals surface area contributed by atoms with Gasteiger partial charge in [0.1, 0.15) is 48.7 Å². The summed E-state index contributed by atoms with van der Waals surface area (Å²) in [6.45, 7) is 1.11. The molecule has 63 heavy (non-hydrogen) atoms. The van der Waals surface area contributed by atoms with Crippen LogP contribution >= 0.6 is 0 Å². The van der Waals surface area contributed by atoms with E-state index >= 15 is 0 Å². The quantitative estimate of drug-likeness (QED) is 0.131. The van der Waals surface area contributed by atoms with E-state index < -0.39 is 0 Å². The molecule has 0 unspecified atom stereocenters. The number of aliphatic imine (C=N–C) groups is 2. The number of nitrogens with one attached hydrogen (secondary N) is 1. The highest BCUT2D eigenvalue weighted by Gasteiger charge is 2.24. The van der Waals surface area contributed by atoms with E-state index in [1.54, 1.807) is 12.4 Å². The van der Waals surface area contributed by atoms with Gasteiger partial charge in [-0.05, 0) is 95.6 Å². The maximum atomic E-state index is 6.46. The van der Waals surface area contributed by atoms with Crippen molar-refractivity contribution < 1.29 is 14.2 Å². The lowest BCUT2D eigenvalue weighted by molar-refractivity contribution is 0.281. The van der Waals surface area contributed by atoms with Gasteiger partial charge in [0.2, 0.25) is 0 Å². The van der Waals surface area contributed by atoms with Crippen molar-refractivity contribution in [2.24, 2.45) is 9.98 Å². The summed E-state index contributed by atoms with van der Waals surface area (Å²) >= 11 is 0. The minimum absolute atomic E-state index is 0.262. The van der Waals surface area contributed by atoms with E-state index in [1.807, 2.05) is 182 Å². The van der Waals surface area contributed by atoms with E-state index in [9.17, 15) is 0 Å². The molecule has 2 aromatic heterocycles. The van der Waals surface area contributed by atoms with Crippen LogP contribution in [0, 0.1) is 23.7 Å². The van der Waals surface area contributed by atoms with Crippen molar-refractivity contribution in [1.29, 1.82) is 0 Å². The molecule has 0 fully saturated rings. The van der Waals surface area contributed by atoms with Crippen LogP contribution in [-0.2, 0) is 19.8 Å². The Kier molecular flexibility index (Phi) is 12.3. The van der Waals surface area contributed by atoms with Gasteiger partial charge in [-0.3, -0.25) is 0 Å². The minimum Gasteiger partial charge on any atom is -0.489 e. The summed E-state index contributed by atoms with van der Waals surface area (Å²) in [4.78, 5) is 19.1. The van der Waals surface area contributed by atoms with Gasteiger partial charge in [0.05, 0.1) is 0 Å². The van der Waals surface area contributed by atoms with Crippen molar-refractivity contribution in [3.63, 3.8) is 0 Å². The minimum atomic E-state index is 0.262. The Balaban J connectivity index is 0.965. The molecule has 8 aromatic rings. The molecule has 0 aliphatic carbocycles. The second-order valence-electron chi connectivity index (χ2n) is 14.4. The van der Waals surface area contributed by atoms with Crippen LogP contribution in [0.15, 0.2) is 204 Å². The van der Waals surface area contributed by atoms with Crippen molar-refractivity contribution in [3.8, 4) is 40.9 Å². The Labute approximate surface area is 366 Å². The maximum Gasteiger partial charge on any atom is 0.164 e. The van der Waals surface area contributed by atoms with Crippen LogP contribution in [0.5, 0.6) is 17.2 Å². The fourth-order valence-corrected chi connectivity index (χ4v) is 6.57. The lowest BCUT2D eigenvalue weighted by atomic mass is 10.1. The predicted octanol–water partition coefficient (Wildman–Crippen LogP) is 11.0. The van der Waals surface area contributed by atoms with E-state index in [0.717, 1.165) is 50.1 Å². The molecular weight excluding hydrogens is 779 g/mol. The molecular formula is C55H39N5O3. The van der Waals surface area contributed by atoms with Gasteiger partial charge in [-0.1, -0.05) is 121 Å². The Hall–Kier alpha value is -8.72. The predicted molar refractivity (Wildman–Crippen MR) is 248 cm³/mol. The molecule has 3 heterocycles. The van der Waals surface area contributed by atoms with Gasteiger partial charge >= 0.3 is 0 Å². The summed E-state index contributed by atoms with van der Waals surface area (Å²) in [6, 6.07) is 59.1. The van der Waals surface area contributed by atoms with Crippen LogP contribution in [0.3, 0.4) is 0 Å². The molecule has 0 saturated heterocycles. The smallest absolute Gasteiger partial charge is 0.164 e. The average Bonchev–Trinajstić information content (AvgIpc) is 3.68. The number of aromatic nitrogens is 2. The molecule has 0 spiro atoms. The molecule has 6 aromatic carbocycles. The highest BCUT2D eigenvalue weighted by Crippen LogP contribution is 2.30. The highest BCUT2D eigenvalue weighted by atomic mass is 16.5. The zero-order chi connectivity index (χ0) is 42.5. The average molecular weight is 818 g/mol. The van der Waals surface area contributed by atoms with Crippen molar-refractivity contribution in [1.82, 2.24) is 9.97 Å². The van der Waals surface area contributed by atoms with Gasteiger partial charge in [0.15, 0.2) is 11.7 Å². The number of anilines is 1. The maximum absolute atomic E-state index is 6.46. The summed E-state index contributed by atoms with van der Waals surface area (Å²) in [6.07, 6.45) is 3.46. The number of ether oxygens (including phenoxy) is 3. The second kappa shape index (κ2) is 19.6. The number of rotatable bonds is 11. The molecule has 0 atom stereocenters. The van der Waals surface area contributed by atoms with Crippen molar-refractivity contribution >= 4 is 23.3 Å². The number of pyridine rings is 2. The van der Waals surface area contributed by atoms with Crippen molar-refractivity contribution in [2.45, 2.75) is 19.8 Å². The first-order valence-electron chi connectivity index (χ1n) is 20.4. The van der Waals surface area contributed by atoms with Crippen LogP contribution in [0.1, 0.15) is 50.1 Å². The molecule has 0 saturated carbocycles. The SMILES string of the molecule is C(#Cc1ccc(N=C2N=C(Nc3ccc(C#Cc4ccccc4)cn3)c3ccc(OCc4cc(OCc5ccccc5)cc(OCc5ccccc5)c4)cc32)nc1)c1ccccc1. The van der Waals surface area contributed by atoms with Crippen LogP contribution in [-0.4, -0.2) is 21.6 Å². The van der Waals surface area contributed by atoms with Gasteiger partial charge in [0.25, 0.3) is 0 Å². The summed E-state index contributed by atoms with van der Waals surface area (Å²) in [5, 5.41) is 3.40. The van der Waals surface area contributed by atoms with Gasteiger partial charge in [-0.15, -0.1) is 0 Å². The molecule has 8 nitrogen and oxygen atoms in total. The third-order valence-corrected chi connectivity index (χ3v) is 9.77. The Bertz CT molecular complexity index is 2940. The Morgan fingerprint density at radius 1 is 0.429 bits per heavy atom. The first-order valence-corrected chi connectivity index (χ1v) is 20.4. The van der Waals surface area contributed by atoms with Gasteiger partial charge in [-0.2, -0.15) is 0 Å². The fourth-order valence-electron chi connectivity index (χ4n) is 6.57. The molecule has 302 valence electrons. The summed E-state index contributed by atoms with van der Waals surface area (Å²) < 4.78 is 19.0. The summed E-state index contributed by atoms with van der Waals surface area (Å²) in [5.41, 5.74) is 8.10. The number of hydrogen-bond donors (Lipinski definition) is 1. The van der Waals surface area contributed by atoms with E-state index in [1.165, 1.54) is 0 Å². The standard InChI is InChI=1S/C55H39N5O3/c1-5-13-40(14-6-1)21-23-42-25-29-52(56-35-42)58-54-50-28-27-47(34-51(50)55(60-54)59-53-30-26-43(36-57-53)24-22-41-15-7-2-8-16-41)61-39-46-31-48(62-37-44-17-9-3-10-18-44)33-49(32-46)63-38-45-19-11-4-12-20-45/h1-20,25-36H,37-39H2,(H,56,57,58,59,60). The van der Waals surface area contributed by atoms with Crippen LogP contribution in [0.2, 0.25) is 0 Å². The van der Waals surface area contributed by atoms with E-state index in [0.29, 0.717) is 53.8 Å². The normalized spacial score (nSPS) is 11.9. The molecule has 0 radical (unpaired) electrons. The molecule has 1 N–H and O–H groups in total. The van der Waals surface area contributed by atoms with Gasteiger partial charge in [-0.25, -0.2) is 20.0 Å². The van der Waals surface area contributed by atoms with E-state index in [2.05, 4.69) is 39.0 Å². The topological polar surface area (TPSA) is 90.2 Å². The molecule has 8 heteroatoms. The molecule has 1 aliphatic heterocycles. The zero-order valence-electron chi connectivity index (χ0n) is 34.1. The summed E-state index contributed by atoms with van der Waals surface area (Å²) in [7, 11) is 0. The van der Waals surface area contributed by atoms with Crippen molar-refractivity contribution in [3.05, 3.63) is 244 Å². The third-order valence-electron chi connectivity index (χ3n) is 9.77. The Morgan fingerprint density at radius 3 is 1.51 bits per heavy atom. The number of hydrogen-bond acceptors (Lipinski definition) is 7. The first kappa shape index (κ1) is 39.7. The van der Waals surface area contributed by atoms with E-state index in [4.69, 9.17) is 24.2 Å². The lowest BCUT2D eigenvalue weighted by Gasteiger charge is -2.14. The molecule has 1 aliphatic rings.